The summed E-state index contributed by atoms with van der Waals surface area (Å²) in [5.74, 6) is 0. The SMILES string of the molecule is CN1CCCC1CCN(Cc1ccccc1)Cc1cccc2ccccc12. The molecular weight excluding hydrogens is 328 g/mol. The van der Waals surface area contributed by atoms with Crippen molar-refractivity contribution in [1.82, 2.24) is 9.80 Å². The zero-order chi connectivity index (χ0) is 18.5. The fourth-order valence-corrected chi connectivity index (χ4v) is 4.40. The standard InChI is InChI=1S/C25H30N2/c1-26-17-8-14-24(26)16-18-27(19-21-9-3-2-4-10-21)20-23-13-7-12-22-11-5-6-15-25(22)23/h2-7,9-13,15,24H,8,14,16-20H2,1H3. The lowest BCUT2D eigenvalue weighted by Crippen LogP contribution is -2.31. The van der Waals surface area contributed by atoms with Gasteiger partial charge in [0.1, 0.15) is 0 Å². The Morgan fingerprint density at radius 2 is 1.67 bits per heavy atom. The second-order valence-electron chi connectivity index (χ2n) is 7.90. The van der Waals surface area contributed by atoms with Crippen LogP contribution in [0.25, 0.3) is 10.8 Å². The zero-order valence-electron chi connectivity index (χ0n) is 16.3. The second-order valence-corrected chi connectivity index (χ2v) is 7.90. The first-order chi connectivity index (χ1) is 13.3. The second kappa shape index (κ2) is 8.69. The van der Waals surface area contributed by atoms with Gasteiger partial charge in [0, 0.05) is 25.7 Å². The average molecular weight is 359 g/mol. The molecule has 0 bridgehead atoms. The summed E-state index contributed by atoms with van der Waals surface area (Å²) >= 11 is 0. The number of fused-ring (bicyclic) bond motifs is 1. The van der Waals surface area contributed by atoms with Crippen molar-refractivity contribution in [3.05, 3.63) is 83.9 Å². The lowest BCUT2D eigenvalue weighted by Gasteiger charge is -2.27. The maximum absolute atomic E-state index is 2.63. The molecule has 4 rings (SSSR count). The minimum Gasteiger partial charge on any atom is -0.303 e. The van der Waals surface area contributed by atoms with Crippen molar-refractivity contribution in [3.63, 3.8) is 0 Å². The van der Waals surface area contributed by atoms with Crippen LogP contribution in [0.1, 0.15) is 30.4 Å². The summed E-state index contributed by atoms with van der Waals surface area (Å²) in [6, 6.07) is 27.1. The molecule has 1 aliphatic heterocycles. The van der Waals surface area contributed by atoms with Crippen LogP contribution in [-0.4, -0.2) is 36.0 Å². The van der Waals surface area contributed by atoms with Crippen molar-refractivity contribution >= 4 is 10.8 Å². The molecule has 1 atom stereocenters. The van der Waals surface area contributed by atoms with Crippen LogP contribution in [0.2, 0.25) is 0 Å². The van der Waals surface area contributed by atoms with E-state index in [-0.39, 0.29) is 0 Å². The molecule has 0 spiro atoms. The molecule has 0 N–H and O–H groups in total. The number of nitrogens with zero attached hydrogens (tertiary/aromatic N) is 2. The molecule has 0 amide bonds. The number of rotatable bonds is 7. The maximum atomic E-state index is 2.63. The largest absolute Gasteiger partial charge is 0.303 e. The van der Waals surface area contributed by atoms with Gasteiger partial charge in [-0.1, -0.05) is 72.8 Å². The maximum Gasteiger partial charge on any atom is 0.0243 e. The fourth-order valence-electron chi connectivity index (χ4n) is 4.40. The Bertz CT molecular complexity index is 853. The fraction of sp³-hybridized carbons (Fsp3) is 0.360. The van der Waals surface area contributed by atoms with Crippen LogP contribution in [0.5, 0.6) is 0 Å². The van der Waals surface area contributed by atoms with E-state index in [2.05, 4.69) is 89.6 Å². The van der Waals surface area contributed by atoms with Crippen molar-refractivity contribution in [2.45, 2.75) is 38.4 Å². The third-order valence-electron chi connectivity index (χ3n) is 5.97. The van der Waals surface area contributed by atoms with Crippen LogP contribution in [0.4, 0.5) is 0 Å². The summed E-state index contributed by atoms with van der Waals surface area (Å²) in [7, 11) is 2.28. The van der Waals surface area contributed by atoms with Crippen LogP contribution < -0.4 is 0 Å². The summed E-state index contributed by atoms with van der Waals surface area (Å²) in [6.07, 6.45) is 3.96. The first kappa shape index (κ1) is 18.2. The van der Waals surface area contributed by atoms with Crippen LogP contribution in [0, 0.1) is 0 Å². The van der Waals surface area contributed by atoms with Gasteiger partial charge in [-0.05, 0) is 54.8 Å². The molecule has 27 heavy (non-hydrogen) atoms. The van der Waals surface area contributed by atoms with Crippen molar-refractivity contribution in [2.75, 3.05) is 20.1 Å². The van der Waals surface area contributed by atoms with Crippen molar-refractivity contribution in [2.24, 2.45) is 0 Å². The van der Waals surface area contributed by atoms with Gasteiger partial charge in [0.15, 0.2) is 0 Å². The Morgan fingerprint density at radius 1 is 0.889 bits per heavy atom. The van der Waals surface area contributed by atoms with Gasteiger partial charge in [0.05, 0.1) is 0 Å². The monoisotopic (exact) mass is 358 g/mol. The van der Waals surface area contributed by atoms with E-state index in [0.717, 1.165) is 25.7 Å². The minimum absolute atomic E-state index is 0.746. The molecular formula is C25H30N2. The topological polar surface area (TPSA) is 6.48 Å². The Kier molecular flexibility index (Phi) is 5.86. The lowest BCUT2D eigenvalue weighted by molar-refractivity contribution is 0.212. The smallest absolute Gasteiger partial charge is 0.0243 e. The Hall–Kier alpha value is -2.16. The molecule has 0 aliphatic carbocycles. The molecule has 3 aromatic carbocycles. The molecule has 1 saturated heterocycles. The van der Waals surface area contributed by atoms with Gasteiger partial charge in [0.2, 0.25) is 0 Å². The predicted molar refractivity (Wildman–Crippen MR) is 115 cm³/mol. The normalized spacial score (nSPS) is 17.8. The minimum atomic E-state index is 0.746. The van der Waals surface area contributed by atoms with E-state index in [4.69, 9.17) is 0 Å². The molecule has 3 aromatic rings. The van der Waals surface area contributed by atoms with E-state index in [0.29, 0.717) is 0 Å². The molecule has 0 aromatic heterocycles. The molecule has 1 aliphatic rings. The lowest BCUT2D eigenvalue weighted by atomic mass is 10.0. The number of hydrogen-bond acceptors (Lipinski definition) is 2. The van der Waals surface area contributed by atoms with Crippen molar-refractivity contribution in [1.29, 1.82) is 0 Å². The van der Waals surface area contributed by atoms with Gasteiger partial charge < -0.3 is 4.90 Å². The van der Waals surface area contributed by atoms with Gasteiger partial charge in [0.25, 0.3) is 0 Å². The van der Waals surface area contributed by atoms with Gasteiger partial charge in [-0.2, -0.15) is 0 Å². The highest BCUT2D eigenvalue weighted by Gasteiger charge is 2.21. The third-order valence-corrected chi connectivity index (χ3v) is 5.97. The van der Waals surface area contributed by atoms with E-state index in [1.807, 2.05) is 0 Å². The van der Waals surface area contributed by atoms with E-state index in [1.165, 1.54) is 47.7 Å². The van der Waals surface area contributed by atoms with Crippen LogP contribution in [-0.2, 0) is 13.1 Å². The highest BCUT2D eigenvalue weighted by Crippen LogP contribution is 2.23. The van der Waals surface area contributed by atoms with Gasteiger partial charge in [-0.15, -0.1) is 0 Å². The van der Waals surface area contributed by atoms with Gasteiger partial charge >= 0.3 is 0 Å². The summed E-state index contributed by atoms with van der Waals surface area (Å²) in [5, 5.41) is 2.72. The summed E-state index contributed by atoms with van der Waals surface area (Å²) in [6.45, 7) is 4.42. The number of hydrogen-bond donors (Lipinski definition) is 0. The highest BCUT2D eigenvalue weighted by molar-refractivity contribution is 5.85. The molecule has 1 heterocycles. The van der Waals surface area contributed by atoms with Gasteiger partial charge in [-0.3, -0.25) is 4.90 Å². The van der Waals surface area contributed by atoms with Crippen LogP contribution >= 0.6 is 0 Å². The number of benzene rings is 3. The van der Waals surface area contributed by atoms with Crippen molar-refractivity contribution < 1.29 is 0 Å². The molecule has 0 radical (unpaired) electrons. The first-order valence-electron chi connectivity index (χ1n) is 10.2. The zero-order valence-corrected chi connectivity index (χ0v) is 16.3. The van der Waals surface area contributed by atoms with Crippen molar-refractivity contribution in [3.8, 4) is 0 Å². The van der Waals surface area contributed by atoms with E-state index in [1.54, 1.807) is 0 Å². The third kappa shape index (κ3) is 4.58. The summed E-state index contributed by atoms with van der Waals surface area (Å²) in [5.41, 5.74) is 2.83. The molecule has 1 fully saturated rings. The van der Waals surface area contributed by atoms with Crippen LogP contribution in [0.3, 0.4) is 0 Å². The summed E-state index contributed by atoms with van der Waals surface area (Å²) in [4.78, 5) is 5.17. The molecule has 2 nitrogen and oxygen atoms in total. The van der Waals surface area contributed by atoms with Gasteiger partial charge in [-0.25, -0.2) is 0 Å². The predicted octanol–water partition coefficient (Wildman–Crippen LogP) is 5.33. The quantitative estimate of drug-likeness (QED) is 0.563. The first-order valence-corrected chi connectivity index (χ1v) is 10.2. The van der Waals surface area contributed by atoms with E-state index >= 15 is 0 Å². The molecule has 1 unspecified atom stereocenters. The Morgan fingerprint density at radius 3 is 2.48 bits per heavy atom. The average Bonchev–Trinajstić information content (AvgIpc) is 3.12. The molecule has 140 valence electrons. The highest BCUT2D eigenvalue weighted by atomic mass is 15.2. The van der Waals surface area contributed by atoms with E-state index in [9.17, 15) is 0 Å². The number of likely N-dealkylation sites (tertiary alicyclic amines) is 1. The molecule has 2 heteroatoms. The van der Waals surface area contributed by atoms with Crippen LogP contribution in [0.15, 0.2) is 72.8 Å². The Balaban J connectivity index is 1.53. The molecule has 0 saturated carbocycles. The summed E-state index contributed by atoms with van der Waals surface area (Å²) < 4.78 is 0. The Labute approximate surface area is 163 Å². The van der Waals surface area contributed by atoms with E-state index < -0.39 is 0 Å².